The van der Waals surface area contributed by atoms with Gasteiger partial charge in [0.05, 0.1) is 6.42 Å². The van der Waals surface area contributed by atoms with Crippen LogP contribution in [-0.2, 0) is 4.79 Å². The number of carboxylic acids is 1. The third kappa shape index (κ3) is 14.0. The molecule has 2 heteroatoms. The van der Waals surface area contributed by atoms with E-state index in [0.717, 1.165) is 32.1 Å². The fourth-order valence-corrected chi connectivity index (χ4v) is 2.55. The van der Waals surface area contributed by atoms with Crippen molar-refractivity contribution in [1.29, 1.82) is 0 Å². The highest BCUT2D eigenvalue weighted by molar-refractivity contribution is 5.67. The highest BCUT2D eigenvalue weighted by Gasteiger charge is 2.10. The van der Waals surface area contributed by atoms with Crippen molar-refractivity contribution < 1.29 is 9.90 Å². The van der Waals surface area contributed by atoms with E-state index >= 15 is 0 Å². The Kier molecular flexibility index (Phi) is 12.0. The first-order valence-electron chi connectivity index (χ1n) is 9.02. The molecule has 1 unspecified atom stereocenters. The first kappa shape index (κ1) is 22.4. The second-order valence-corrected chi connectivity index (χ2v) is 7.30. The first-order valence-corrected chi connectivity index (χ1v) is 9.02. The molecule has 1 atom stereocenters. The first-order chi connectivity index (χ1) is 11.2. The van der Waals surface area contributed by atoms with Crippen LogP contribution in [0.3, 0.4) is 0 Å². The van der Waals surface area contributed by atoms with Gasteiger partial charge in [0.25, 0.3) is 0 Å². The van der Waals surface area contributed by atoms with E-state index in [0.29, 0.717) is 0 Å². The van der Waals surface area contributed by atoms with Crippen LogP contribution in [0.15, 0.2) is 46.6 Å². The van der Waals surface area contributed by atoms with Crippen LogP contribution in [0, 0.1) is 5.92 Å². The summed E-state index contributed by atoms with van der Waals surface area (Å²) in [6.07, 6.45) is 14.0. The number of aliphatic carboxylic acids is 1. The van der Waals surface area contributed by atoms with E-state index in [1.165, 1.54) is 22.3 Å². The van der Waals surface area contributed by atoms with Crippen molar-refractivity contribution in [1.82, 2.24) is 0 Å². The average Bonchev–Trinajstić information content (AvgIpc) is 2.43. The number of allylic oxidation sites excluding steroid dienone is 8. The van der Waals surface area contributed by atoms with Crippen LogP contribution in [0.5, 0.6) is 0 Å². The van der Waals surface area contributed by atoms with Crippen LogP contribution in [0.1, 0.15) is 80.1 Å². The van der Waals surface area contributed by atoms with Gasteiger partial charge in [0.2, 0.25) is 0 Å². The maximum Gasteiger partial charge on any atom is 0.303 e. The molecule has 0 radical (unpaired) electrons. The van der Waals surface area contributed by atoms with Crippen molar-refractivity contribution in [2.75, 3.05) is 0 Å². The van der Waals surface area contributed by atoms with E-state index in [4.69, 9.17) is 5.11 Å². The van der Waals surface area contributed by atoms with Crippen molar-refractivity contribution in [3.63, 3.8) is 0 Å². The zero-order valence-electron chi connectivity index (χ0n) is 16.5. The van der Waals surface area contributed by atoms with Gasteiger partial charge in [0, 0.05) is 0 Å². The Morgan fingerprint density at radius 1 is 0.833 bits per heavy atom. The summed E-state index contributed by atoms with van der Waals surface area (Å²) < 4.78 is 0. The van der Waals surface area contributed by atoms with Gasteiger partial charge in [-0.1, -0.05) is 46.6 Å². The monoisotopic (exact) mass is 332 g/mol. The summed E-state index contributed by atoms with van der Waals surface area (Å²) in [5.74, 6) is -0.628. The Labute approximate surface area is 149 Å². The molecule has 136 valence electrons. The van der Waals surface area contributed by atoms with Crippen molar-refractivity contribution in [2.24, 2.45) is 5.92 Å². The molecule has 0 saturated carbocycles. The minimum absolute atomic E-state index is 0.0904. The molecular formula is C22H36O2. The molecule has 0 aromatic carbocycles. The number of carbonyl (C=O) groups is 1. The highest BCUT2D eigenvalue weighted by atomic mass is 16.4. The standard InChI is InChI=1S/C22H36O2/c1-17(2)9-7-11-19(5)13-14-21(16-22(23)24)15-20(6)12-8-10-18(3)4/h9-10,13,15,21H,7-8,11-12,14,16H2,1-6H3,(H,23,24). The summed E-state index contributed by atoms with van der Waals surface area (Å²) in [5.41, 5.74) is 5.31. The van der Waals surface area contributed by atoms with Gasteiger partial charge in [0.15, 0.2) is 0 Å². The van der Waals surface area contributed by atoms with Crippen LogP contribution in [0.25, 0.3) is 0 Å². The van der Waals surface area contributed by atoms with E-state index in [-0.39, 0.29) is 12.3 Å². The van der Waals surface area contributed by atoms with Gasteiger partial charge in [-0.15, -0.1) is 0 Å². The van der Waals surface area contributed by atoms with Gasteiger partial charge in [0.1, 0.15) is 0 Å². The summed E-state index contributed by atoms with van der Waals surface area (Å²) in [7, 11) is 0. The molecule has 0 heterocycles. The van der Waals surface area contributed by atoms with Gasteiger partial charge in [-0.25, -0.2) is 0 Å². The molecular weight excluding hydrogens is 296 g/mol. The molecule has 0 amide bonds. The van der Waals surface area contributed by atoms with Crippen molar-refractivity contribution in [3.05, 3.63) is 46.6 Å². The lowest BCUT2D eigenvalue weighted by atomic mass is 9.95. The summed E-state index contributed by atoms with van der Waals surface area (Å²) >= 11 is 0. The Bertz CT molecular complexity index is 496. The topological polar surface area (TPSA) is 37.3 Å². The minimum atomic E-state index is -0.719. The number of hydrogen-bond donors (Lipinski definition) is 1. The molecule has 24 heavy (non-hydrogen) atoms. The minimum Gasteiger partial charge on any atom is -0.481 e. The number of hydrogen-bond acceptors (Lipinski definition) is 1. The van der Waals surface area contributed by atoms with Crippen molar-refractivity contribution in [3.8, 4) is 0 Å². The normalized spacial score (nSPS) is 13.4. The van der Waals surface area contributed by atoms with Gasteiger partial charge in [-0.3, -0.25) is 4.79 Å². The molecule has 2 nitrogen and oxygen atoms in total. The Balaban J connectivity index is 4.67. The van der Waals surface area contributed by atoms with Crippen molar-refractivity contribution >= 4 is 5.97 Å². The quantitative estimate of drug-likeness (QED) is 0.420. The molecule has 0 aliphatic carbocycles. The molecule has 0 rings (SSSR count). The third-order valence-electron chi connectivity index (χ3n) is 3.91. The van der Waals surface area contributed by atoms with E-state index in [1.54, 1.807) is 0 Å². The van der Waals surface area contributed by atoms with Crippen LogP contribution in [-0.4, -0.2) is 11.1 Å². The van der Waals surface area contributed by atoms with Gasteiger partial charge >= 0.3 is 5.97 Å². The van der Waals surface area contributed by atoms with E-state index in [9.17, 15) is 4.79 Å². The molecule has 0 aliphatic heterocycles. The second-order valence-electron chi connectivity index (χ2n) is 7.30. The van der Waals surface area contributed by atoms with Crippen LogP contribution >= 0.6 is 0 Å². The molecule has 0 spiro atoms. The largest absolute Gasteiger partial charge is 0.481 e. The molecule has 0 fully saturated rings. The Morgan fingerprint density at radius 3 is 1.79 bits per heavy atom. The summed E-state index contributed by atoms with van der Waals surface area (Å²) in [5, 5.41) is 9.15. The maximum absolute atomic E-state index is 11.1. The molecule has 0 saturated heterocycles. The smallest absolute Gasteiger partial charge is 0.303 e. The molecule has 0 bridgehead atoms. The van der Waals surface area contributed by atoms with E-state index in [2.05, 4.69) is 65.8 Å². The summed E-state index contributed by atoms with van der Waals surface area (Å²) in [6, 6.07) is 0. The lowest BCUT2D eigenvalue weighted by Crippen LogP contribution is -2.05. The summed E-state index contributed by atoms with van der Waals surface area (Å²) in [6.45, 7) is 12.7. The summed E-state index contributed by atoms with van der Waals surface area (Å²) in [4.78, 5) is 11.1. The molecule has 1 N–H and O–H groups in total. The average molecular weight is 333 g/mol. The zero-order valence-corrected chi connectivity index (χ0v) is 16.5. The Hall–Kier alpha value is -1.57. The van der Waals surface area contributed by atoms with Crippen molar-refractivity contribution in [2.45, 2.75) is 80.1 Å². The molecule has 0 aromatic heterocycles. The van der Waals surface area contributed by atoms with Gasteiger partial charge < -0.3 is 5.11 Å². The maximum atomic E-state index is 11.1. The predicted molar refractivity (Wildman–Crippen MR) is 105 cm³/mol. The number of carboxylic acid groups (broad SMARTS) is 1. The van der Waals surface area contributed by atoms with Gasteiger partial charge in [-0.2, -0.15) is 0 Å². The van der Waals surface area contributed by atoms with Crippen LogP contribution in [0.4, 0.5) is 0 Å². The van der Waals surface area contributed by atoms with E-state index in [1.807, 2.05) is 0 Å². The second kappa shape index (κ2) is 12.8. The Morgan fingerprint density at radius 2 is 1.33 bits per heavy atom. The lowest BCUT2D eigenvalue weighted by molar-refractivity contribution is -0.137. The molecule has 0 aromatic rings. The molecule has 0 aliphatic rings. The van der Waals surface area contributed by atoms with Crippen LogP contribution < -0.4 is 0 Å². The van der Waals surface area contributed by atoms with E-state index < -0.39 is 5.97 Å². The predicted octanol–water partition coefficient (Wildman–Crippen LogP) is 6.85. The zero-order chi connectivity index (χ0) is 18.5. The van der Waals surface area contributed by atoms with Crippen LogP contribution in [0.2, 0.25) is 0 Å². The van der Waals surface area contributed by atoms with Gasteiger partial charge in [-0.05, 0) is 79.6 Å². The lowest BCUT2D eigenvalue weighted by Gasteiger charge is -2.11. The number of rotatable bonds is 11. The fraction of sp³-hybridized carbons (Fsp3) is 0.591. The SMILES string of the molecule is CC(C)=CCCC(C)=CCC(C=C(C)CCC=C(C)C)CC(=O)O. The fourth-order valence-electron chi connectivity index (χ4n) is 2.55. The highest BCUT2D eigenvalue weighted by Crippen LogP contribution is 2.19. The third-order valence-corrected chi connectivity index (χ3v) is 3.91.